The first-order valence-corrected chi connectivity index (χ1v) is 7.64. The third-order valence-corrected chi connectivity index (χ3v) is 3.56. The van der Waals surface area contributed by atoms with Crippen molar-refractivity contribution in [3.8, 4) is 28.6 Å². The third-order valence-electron chi connectivity index (χ3n) is 3.56. The van der Waals surface area contributed by atoms with Crippen LogP contribution in [0.4, 0.5) is 5.82 Å². The predicted molar refractivity (Wildman–Crippen MR) is 94.2 cm³/mol. The molecule has 0 aliphatic rings. The van der Waals surface area contributed by atoms with Crippen molar-refractivity contribution in [2.24, 2.45) is 0 Å². The maximum absolute atomic E-state index is 11.5. The number of benzene rings is 1. The van der Waals surface area contributed by atoms with Crippen LogP contribution in [0.5, 0.6) is 11.5 Å². The first-order chi connectivity index (χ1) is 12.1. The quantitative estimate of drug-likeness (QED) is 0.774. The van der Waals surface area contributed by atoms with Crippen LogP contribution < -0.4 is 14.8 Å². The summed E-state index contributed by atoms with van der Waals surface area (Å²) in [6.45, 7) is 1.45. The normalized spacial score (nSPS) is 10.4. The van der Waals surface area contributed by atoms with E-state index in [9.17, 15) is 4.79 Å². The van der Waals surface area contributed by atoms with Crippen molar-refractivity contribution in [2.75, 3.05) is 19.5 Å². The average molecular weight is 338 g/mol. The Morgan fingerprint density at radius 3 is 2.52 bits per heavy atom. The van der Waals surface area contributed by atoms with Crippen molar-refractivity contribution in [2.45, 2.75) is 6.92 Å². The minimum Gasteiger partial charge on any atom is -0.493 e. The molecule has 0 aliphatic carbocycles. The van der Waals surface area contributed by atoms with E-state index in [0.29, 0.717) is 28.8 Å². The fraction of sp³-hybridized carbons (Fsp3) is 0.167. The monoisotopic (exact) mass is 338 g/mol. The van der Waals surface area contributed by atoms with E-state index in [-0.39, 0.29) is 5.91 Å². The first kappa shape index (κ1) is 16.5. The molecule has 1 aromatic carbocycles. The van der Waals surface area contributed by atoms with Crippen LogP contribution in [-0.4, -0.2) is 34.9 Å². The number of carbonyl (C=O) groups is 1. The number of pyridine rings is 1. The molecular formula is C18H18N4O3. The second-order valence-electron chi connectivity index (χ2n) is 5.27. The van der Waals surface area contributed by atoms with Gasteiger partial charge in [0.2, 0.25) is 5.91 Å². The number of amides is 1. The van der Waals surface area contributed by atoms with Gasteiger partial charge in [-0.15, -0.1) is 0 Å². The molecule has 0 aliphatic heterocycles. The Hall–Kier alpha value is -3.35. The van der Waals surface area contributed by atoms with Crippen molar-refractivity contribution < 1.29 is 14.3 Å². The van der Waals surface area contributed by atoms with E-state index >= 15 is 0 Å². The number of hydrogen-bond donors (Lipinski definition) is 1. The van der Waals surface area contributed by atoms with Gasteiger partial charge in [-0.1, -0.05) is 6.07 Å². The van der Waals surface area contributed by atoms with Crippen LogP contribution in [0.1, 0.15) is 6.92 Å². The molecule has 25 heavy (non-hydrogen) atoms. The van der Waals surface area contributed by atoms with Gasteiger partial charge in [0, 0.05) is 24.8 Å². The molecule has 0 atom stereocenters. The van der Waals surface area contributed by atoms with Gasteiger partial charge in [-0.2, -0.15) is 9.78 Å². The summed E-state index contributed by atoms with van der Waals surface area (Å²) in [7, 11) is 3.17. The summed E-state index contributed by atoms with van der Waals surface area (Å²) in [5.41, 5.74) is 1.51. The molecule has 1 amide bonds. The maximum Gasteiger partial charge on any atom is 0.222 e. The molecule has 2 heterocycles. The van der Waals surface area contributed by atoms with Gasteiger partial charge >= 0.3 is 0 Å². The Labute approximate surface area is 145 Å². The second kappa shape index (κ2) is 7.04. The Bertz CT molecular complexity index is 891. The van der Waals surface area contributed by atoms with E-state index in [0.717, 1.165) is 5.56 Å². The lowest BCUT2D eigenvalue weighted by molar-refractivity contribution is -0.114. The van der Waals surface area contributed by atoms with E-state index in [2.05, 4.69) is 15.4 Å². The Kier molecular flexibility index (Phi) is 4.65. The molecular weight excluding hydrogens is 320 g/mol. The van der Waals surface area contributed by atoms with E-state index < -0.39 is 0 Å². The fourth-order valence-electron chi connectivity index (χ4n) is 2.44. The third kappa shape index (κ3) is 3.45. The van der Waals surface area contributed by atoms with Gasteiger partial charge in [0.05, 0.1) is 19.9 Å². The highest BCUT2D eigenvalue weighted by Gasteiger charge is 2.14. The summed E-state index contributed by atoms with van der Waals surface area (Å²) in [4.78, 5) is 15.8. The summed E-state index contributed by atoms with van der Waals surface area (Å²) in [5, 5.41) is 7.36. The minimum absolute atomic E-state index is 0.184. The maximum atomic E-state index is 11.5. The molecule has 7 nitrogen and oxygen atoms in total. The van der Waals surface area contributed by atoms with Crippen LogP contribution in [0.2, 0.25) is 0 Å². The standard InChI is InChI=1S/C18H18N4O3/c1-12(23)20-18-11-14(21-22(18)17-6-4-5-9-19-17)13-7-8-15(24-2)16(10-13)25-3/h4-11H,1-3H3,(H,20,23). The van der Waals surface area contributed by atoms with Gasteiger partial charge in [-0.25, -0.2) is 4.98 Å². The zero-order valence-electron chi connectivity index (χ0n) is 14.2. The van der Waals surface area contributed by atoms with Crippen LogP contribution in [0.3, 0.4) is 0 Å². The average Bonchev–Trinajstić information content (AvgIpc) is 3.05. The number of ether oxygens (including phenoxy) is 2. The van der Waals surface area contributed by atoms with Gasteiger partial charge in [-0.05, 0) is 30.3 Å². The molecule has 7 heteroatoms. The van der Waals surface area contributed by atoms with Crippen LogP contribution in [-0.2, 0) is 4.79 Å². The lowest BCUT2D eigenvalue weighted by Gasteiger charge is -2.08. The summed E-state index contributed by atoms with van der Waals surface area (Å²) in [6, 6.07) is 12.8. The molecule has 128 valence electrons. The van der Waals surface area contributed by atoms with Crippen molar-refractivity contribution in [3.63, 3.8) is 0 Å². The number of nitrogens with zero attached hydrogens (tertiary/aromatic N) is 3. The zero-order chi connectivity index (χ0) is 17.8. The summed E-state index contributed by atoms with van der Waals surface area (Å²) < 4.78 is 12.2. The molecule has 2 aromatic heterocycles. The number of rotatable bonds is 5. The smallest absolute Gasteiger partial charge is 0.222 e. The molecule has 3 aromatic rings. The number of hydrogen-bond acceptors (Lipinski definition) is 5. The number of carbonyl (C=O) groups excluding carboxylic acids is 1. The largest absolute Gasteiger partial charge is 0.493 e. The minimum atomic E-state index is -0.184. The fourth-order valence-corrected chi connectivity index (χ4v) is 2.44. The molecule has 0 fully saturated rings. The summed E-state index contributed by atoms with van der Waals surface area (Å²) >= 11 is 0. The molecule has 3 rings (SSSR count). The molecule has 0 saturated carbocycles. The van der Waals surface area contributed by atoms with E-state index in [1.165, 1.54) is 6.92 Å². The summed E-state index contributed by atoms with van der Waals surface area (Å²) in [5.74, 6) is 2.20. The molecule has 0 radical (unpaired) electrons. The molecule has 0 spiro atoms. The van der Waals surface area contributed by atoms with Crippen LogP contribution in [0, 0.1) is 0 Å². The number of nitrogens with one attached hydrogen (secondary N) is 1. The zero-order valence-corrected chi connectivity index (χ0v) is 14.2. The van der Waals surface area contributed by atoms with Crippen LogP contribution in [0.15, 0.2) is 48.7 Å². The van der Waals surface area contributed by atoms with E-state index in [1.54, 1.807) is 31.2 Å². The van der Waals surface area contributed by atoms with Crippen molar-refractivity contribution in [1.82, 2.24) is 14.8 Å². The molecule has 1 N–H and O–H groups in total. The Morgan fingerprint density at radius 1 is 1.08 bits per heavy atom. The van der Waals surface area contributed by atoms with Crippen molar-refractivity contribution in [3.05, 3.63) is 48.7 Å². The van der Waals surface area contributed by atoms with Crippen LogP contribution >= 0.6 is 0 Å². The topological polar surface area (TPSA) is 78.3 Å². The SMILES string of the molecule is COc1ccc(-c2cc(NC(C)=O)n(-c3ccccn3)n2)cc1OC. The number of anilines is 1. The number of aromatic nitrogens is 3. The molecule has 0 bridgehead atoms. The number of methoxy groups -OCH3 is 2. The van der Waals surface area contributed by atoms with Crippen molar-refractivity contribution in [1.29, 1.82) is 0 Å². The van der Waals surface area contributed by atoms with Crippen molar-refractivity contribution >= 4 is 11.7 Å². The highest BCUT2D eigenvalue weighted by atomic mass is 16.5. The predicted octanol–water partition coefficient (Wildman–Crippen LogP) is 2.91. The second-order valence-corrected chi connectivity index (χ2v) is 5.27. The lowest BCUT2D eigenvalue weighted by Crippen LogP contribution is -2.11. The van der Waals surface area contributed by atoms with Crippen LogP contribution in [0.25, 0.3) is 17.1 Å². The van der Waals surface area contributed by atoms with Gasteiger partial charge < -0.3 is 14.8 Å². The Morgan fingerprint density at radius 2 is 1.88 bits per heavy atom. The van der Waals surface area contributed by atoms with Gasteiger partial charge in [-0.3, -0.25) is 4.79 Å². The highest BCUT2D eigenvalue weighted by molar-refractivity contribution is 5.88. The van der Waals surface area contributed by atoms with Gasteiger partial charge in [0.15, 0.2) is 17.3 Å². The Balaban J connectivity index is 2.08. The molecule has 0 saturated heterocycles. The van der Waals surface area contributed by atoms with Gasteiger partial charge in [0.1, 0.15) is 5.82 Å². The first-order valence-electron chi connectivity index (χ1n) is 7.64. The molecule has 0 unspecified atom stereocenters. The lowest BCUT2D eigenvalue weighted by atomic mass is 10.1. The van der Waals surface area contributed by atoms with Gasteiger partial charge in [0.25, 0.3) is 0 Å². The van der Waals surface area contributed by atoms with E-state index in [4.69, 9.17) is 9.47 Å². The highest BCUT2D eigenvalue weighted by Crippen LogP contribution is 2.33. The van der Waals surface area contributed by atoms with E-state index in [1.807, 2.05) is 36.4 Å². The summed E-state index contributed by atoms with van der Waals surface area (Å²) in [6.07, 6.45) is 1.67.